The second-order valence-electron chi connectivity index (χ2n) is 6.26. The van der Waals surface area contributed by atoms with Crippen LogP contribution in [0.5, 0.6) is 0 Å². The van der Waals surface area contributed by atoms with Crippen molar-refractivity contribution >= 4 is 16.6 Å². The normalized spacial score (nSPS) is 10.8. The van der Waals surface area contributed by atoms with Crippen LogP contribution in [0.1, 0.15) is 0 Å². The Morgan fingerprint density at radius 1 is 0.680 bits per heavy atom. The molecule has 25 heavy (non-hydrogen) atoms. The zero-order valence-electron chi connectivity index (χ0n) is 14.3. The minimum absolute atomic E-state index is 0.961. The van der Waals surface area contributed by atoms with Crippen molar-refractivity contribution in [3.8, 4) is 22.4 Å². The van der Waals surface area contributed by atoms with E-state index < -0.39 is 0 Å². The Bertz CT molecular complexity index is 1010. The fourth-order valence-electron chi connectivity index (χ4n) is 3.00. The van der Waals surface area contributed by atoms with Crippen LogP contribution in [0.4, 0.5) is 5.69 Å². The summed E-state index contributed by atoms with van der Waals surface area (Å²) < 4.78 is 0. The van der Waals surface area contributed by atoms with Crippen LogP contribution < -0.4 is 4.90 Å². The predicted octanol–water partition coefficient (Wildman–Crippen LogP) is 5.03. The zero-order chi connectivity index (χ0) is 17.2. The highest BCUT2D eigenvalue weighted by molar-refractivity contribution is 5.94. The molecule has 1 heterocycles. The molecule has 0 bridgehead atoms. The Balaban J connectivity index is 1.77. The Morgan fingerprint density at radius 3 is 2.08 bits per heavy atom. The molecule has 3 heteroatoms. The van der Waals surface area contributed by atoms with Crippen LogP contribution in [0, 0.1) is 0 Å². The smallest absolute Gasteiger partial charge is 0.116 e. The number of hydrogen-bond acceptors (Lipinski definition) is 3. The van der Waals surface area contributed by atoms with Gasteiger partial charge in [0.2, 0.25) is 0 Å². The Morgan fingerprint density at radius 2 is 1.36 bits per heavy atom. The molecule has 0 N–H and O–H groups in total. The summed E-state index contributed by atoms with van der Waals surface area (Å²) >= 11 is 0. The van der Waals surface area contributed by atoms with Gasteiger partial charge in [0.1, 0.15) is 6.33 Å². The molecule has 0 aliphatic carbocycles. The van der Waals surface area contributed by atoms with Crippen molar-refractivity contribution in [3.05, 3.63) is 79.1 Å². The highest BCUT2D eigenvalue weighted by Gasteiger charge is 2.08. The molecule has 0 amide bonds. The number of fused-ring (bicyclic) bond motifs is 1. The SMILES string of the molecule is CN(C)c1ccc2c(-c3ccc(-c4ccccc4)cc3)ncnc2c1. The van der Waals surface area contributed by atoms with Gasteiger partial charge in [0.05, 0.1) is 11.2 Å². The van der Waals surface area contributed by atoms with Crippen LogP contribution in [0.25, 0.3) is 33.3 Å². The average Bonchev–Trinajstić information content (AvgIpc) is 2.68. The molecule has 0 unspecified atom stereocenters. The highest BCUT2D eigenvalue weighted by Crippen LogP contribution is 2.29. The summed E-state index contributed by atoms with van der Waals surface area (Å²) in [6.07, 6.45) is 1.64. The van der Waals surface area contributed by atoms with Gasteiger partial charge in [-0.3, -0.25) is 0 Å². The van der Waals surface area contributed by atoms with E-state index in [2.05, 4.69) is 81.6 Å². The van der Waals surface area contributed by atoms with Gasteiger partial charge in [0.15, 0.2) is 0 Å². The first kappa shape index (κ1) is 15.3. The van der Waals surface area contributed by atoms with Gasteiger partial charge in [0, 0.05) is 30.7 Å². The van der Waals surface area contributed by atoms with E-state index in [0.717, 1.165) is 27.8 Å². The maximum Gasteiger partial charge on any atom is 0.116 e. The van der Waals surface area contributed by atoms with Gasteiger partial charge in [-0.25, -0.2) is 9.97 Å². The van der Waals surface area contributed by atoms with Gasteiger partial charge < -0.3 is 4.90 Å². The molecule has 4 aromatic rings. The lowest BCUT2D eigenvalue weighted by molar-refractivity contribution is 1.13. The molecule has 0 atom stereocenters. The van der Waals surface area contributed by atoms with Crippen molar-refractivity contribution in [1.82, 2.24) is 9.97 Å². The number of benzene rings is 3. The van der Waals surface area contributed by atoms with E-state index in [9.17, 15) is 0 Å². The summed E-state index contributed by atoms with van der Waals surface area (Å²) in [7, 11) is 4.07. The second-order valence-corrected chi connectivity index (χ2v) is 6.26. The molecule has 0 spiro atoms. The Hall–Kier alpha value is -3.20. The van der Waals surface area contributed by atoms with Gasteiger partial charge in [-0.05, 0) is 29.3 Å². The molecule has 0 fully saturated rings. The molecule has 0 radical (unpaired) electrons. The zero-order valence-corrected chi connectivity index (χ0v) is 14.3. The summed E-state index contributed by atoms with van der Waals surface area (Å²) in [5, 5.41) is 1.07. The van der Waals surface area contributed by atoms with Gasteiger partial charge in [0.25, 0.3) is 0 Å². The number of aromatic nitrogens is 2. The molecule has 0 saturated carbocycles. The van der Waals surface area contributed by atoms with E-state index in [1.54, 1.807) is 6.33 Å². The molecule has 122 valence electrons. The average molecular weight is 325 g/mol. The van der Waals surface area contributed by atoms with Crippen molar-refractivity contribution in [2.24, 2.45) is 0 Å². The van der Waals surface area contributed by atoms with E-state index in [1.165, 1.54) is 11.1 Å². The monoisotopic (exact) mass is 325 g/mol. The first-order valence-electron chi connectivity index (χ1n) is 8.30. The van der Waals surface area contributed by atoms with E-state index >= 15 is 0 Å². The minimum Gasteiger partial charge on any atom is -0.378 e. The second kappa shape index (κ2) is 6.36. The molecule has 0 aliphatic rings. The number of rotatable bonds is 3. The van der Waals surface area contributed by atoms with E-state index in [4.69, 9.17) is 0 Å². The quantitative estimate of drug-likeness (QED) is 0.529. The topological polar surface area (TPSA) is 29.0 Å². The fourth-order valence-corrected chi connectivity index (χ4v) is 3.00. The van der Waals surface area contributed by atoms with Crippen LogP contribution in [0.2, 0.25) is 0 Å². The van der Waals surface area contributed by atoms with E-state index in [0.29, 0.717) is 0 Å². The van der Waals surface area contributed by atoms with E-state index in [1.807, 2.05) is 20.2 Å². The number of anilines is 1. The fraction of sp³-hybridized carbons (Fsp3) is 0.0909. The summed E-state index contributed by atoms with van der Waals surface area (Å²) in [6.45, 7) is 0. The third-order valence-corrected chi connectivity index (χ3v) is 4.40. The van der Waals surface area contributed by atoms with Crippen LogP contribution in [-0.4, -0.2) is 24.1 Å². The van der Waals surface area contributed by atoms with Gasteiger partial charge >= 0.3 is 0 Å². The summed E-state index contributed by atoms with van der Waals surface area (Å²) in [4.78, 5) is 11.0. The Labute approximate surface area is 147 Å². The van der Waals surface area contributed by atoms with Crippen molar-refractivity contribution in [3.63, 3.8) is 0 Å². The third-order valence-electron chi connectivity index (χ3n) is 4.40. The first-order chi connectivity index (χ1) is 12.2. The molecule has 0 aliphatic heterocycles. The molecule has 3 aromatic carbocycles. The maximum atomic E-state index is 4.53. The molecule has 3 nitrogen and oxygen atoms in total. The summed E-state index contributed by atoms with van der Waals surface area (Å²) in [5.74, 6) is 0. The van der Waals surface area contributed by atoms with Crippen molar-refractivity contribution in [1.29, 1.82) is 0 Å². The molecule has 0 saturated heterocycles. The largest absolute Gasteiger partial charge is 0.378 e. The van der Waals surface area contributed by atoms with Crippen LogP contribution in [-0.2, 0) is 0 Å². The number of nitrogens with zero attached hydrogens (tertiary/aromatic N) is 3. The summed E-state index contributed by atoms with van der Waals surface area (Å²) in [6, 6.07) is 25.3. The predicted molar refractivity (Wildman–Crippen MR) is 105 cm³/mol. The van der Waals surface area contributed by atoms with Gasteiger partial charge in [-0.1, -0.05) is 54.6 Å². The van der Waals surface area contributed by atoms with Crippen molar-refractivity contribution in [2.75, 3.05) is 19.0 Å². The maximum absolute atomic E-state index is 4.53. The van der Waals surface area contributed by atoms with Crippen molar-refractivity contribution < 1.29 is 0 Å². The highest BCUT2D eigenvalue weighted by atomic mass is 15.1. The minimum atomic E-state index is 0.961. The standard InChI is InChI=1S/C22H19N3/c1-25(2)19-12-13-20-21(14-19)23-15-24-22(20)18-10-8-17(9-11-18)16-6-4-3-5-7-16/h3-15H,1-2H3. The molecule has 4 rings (SSSR count). The lowest BCUT2D eigenvalue weighted by Gasteiger charge is -2.13. The summed E-state index contributed by atoms with van der Waals surface area (Å²) in [5.41, 5.74) is 6.59. The lowest BCUT2D eigenvalue weighted by atomic mass is 10.0. The van der Waals surface area contributed by atoms with E-state index in [-0.39, 0.29) is 0 Å². The molecular weight excluding hydrogens is 306 g/mol. The third kappa shape index (κ3) is 2.96. The molecule has 1 aromatic heterocycles. The number of hydrogen-bond donors (Lipinski definition) is 0. The van der Waals surface area contributed by atoms with Crippen molar-refractivity contribution in [2.45, 2.75) is 0 Å². The first-order valence-corrected chi connectivity index (χ1v) is 8.30. The Kier molecular flexibility index (Phi) is 3.90. The van der Waals surface area contributed by atoms with Crippen LogP contribution >= 0.6 is 0 Å². The van der Waals surface area contributed by atoms with Crippen LogP contribution in [0.15, 0.2) is 79.1 Å². The lowest BCUT2D eigenvalue weighted by Crippen LogP contribution is -2.08. The molecular formula is C22H19N3. The van der Waals surface area contributed by atoms with Crippen LogP contribution in [0.3, 0.4) is 0 Å². The van der Waals surface area contributed by atoms with Gasteiger partial charge in [-0.15, -0.1) is 0 Å². The van der Waals surface area contributed by atoms with Gasteiger partial charge in [-0.2, -0.15) is 0 Å².